The molecule has 34 heavy (non-hydrogen) atoms. The molecule has 0 aliphatic carbocycles. The van der Waals surface area contributed by atoms with Crippen LogP contribution in [-0.4, -0.2) is 56.7 Å². The highest BCUT2D eigenvalue weighted by Crippen LogP contribution is 2.39. The predicted octanol–water partition coefficient (Wildman–Crippen LogP) is 2.48. The average Bonchev–Trinajstić information content (AvgIpc) is 2.95. The van der Waals surface area contributed by atoms with E-state index in [0.717, 1.165) is 10.0 Å². The van der Waals surface area contributed by atoms with Crippen LogP contribution in [0.2, 0.25) is 0 Å². The molecule has 4 N–H and O–H groups in total. The Hall–Kier alpha value is -3.92. The number of aliphatic carboxylic acids is 1. The van der Waals surface area contributed by atoms with Crippen LogP contribution in [0.5, 0.6) is 0 Å². The molecule has 11 heteroatoms. The van der Waals surface area contributed by atoms with Gasteiger partial charge in [0.05, 0.1) is 12.5 Å². The smallest absolute Gasteiger partial charge is 0.347 e. The maximum Gasteiger partial charge on any atom is 0.347 e. The molecule has 3 rings (SSSR count). The number of hydrogen-bond donors (Lipinski definition) is 3. The van der Waals surface area contributed by atoms with Gasteiger partial charge in [0.25, 0.3) is 5.91 Å². The van der Waals surface area contributed by atoms with Gasteiger partial charge in [0.2, 0.25) is 5.91 Å². The fraction of sp³-hybridized carbons (Fsp3) is 0.261. The molecule has 0 bridgehead atoms. The number of benzene rings is 2. The summed E-state index contributed by atoms with van der Waals surface area (Å²) in [6.07, 6.45) is -0.506. The minimum absolute atomic E-state index is 0. The number of nitrogens with two attached hydrogens (primary N) is 1. The monoisotopic (exact) mass is 487 g/mol. The maximum absolute atomic E-state index is 13.7. The molecular weight excluding hydrogens is 462 g/mol. The number of rotatable bonds is 7. The van der Waals surface area contributed by atoms with Crippen LogP contribution in [0.25, 0.3) is 0 Å². The summed E-state index contributed by atoms with van der Waals surface area (Å²) < 4.78 is 0. The lowest BCUT2D eigenvalue weighted by atomic mass is 9.90. The lowest BCUT2D eigenvalue weighted by Crippen LogP contribution is -2.52. The molecule has 0 unspecified atom stereocenters. The molecule has 1 aliphatic heterocycles. The number of urea groups is 1. The normalized spacial score (nSPS) is 18.3. The van der Waals surface area contributed by atoms with E-state index in [2.05, 4.69) is 0 Å². The van der Waals surface area contributed by atoms with Crippen LogP contribution in [0, 0.1) is 5.41 Å². The standard InChI is InChI=1S/C23H25N5O5.ClH/c1-14(29)27(18(13-19(30)31)15-7-5-4-6-8-15)28-21(32)23(2,26(3)22(28)33)17-11-9-16(10-12-17)20(24)25;/h4-12,18H,13H2,1-3H3,(H3,24,25)(H,30,31);1H/t18-,23-;/m0./s1. The van der Waals surface area contributed by atoms with Crippen molar-refractivity contribution in [1.82, 2.24) is 14.9 Å². The van der Waals surface area contributed by atoms with Crippen molar-refractivity contribution >= 4 is 42.1 Å². The van der Waals surface area contributed by atoms with Gasteiger partial charge in [0, 0.05) is 19.5 Å². The van der Waals surface area contributed by atoms with Crippen molar-refractivity contribution < 1.29 is 24.3 Å². The molecule has 0 spiro atoms. The number of imide groups is 1. The van der Waals surface area contributed by atoms with Crippen molar-refractivity contribution in [2.45, 2.75) is 31.8 Å². The highest BCUT2D eigenvalue weighted by atomic mass is 35.5. The van der Waals surface area contributed by atoms with Gasteiger partial charge < -0.3 is 15.7 Å². The topological polar surface area (TPSA) is 148 Å². The SMILES string of the molecule is CC(=O)N([C@@H](CC(=O)O)c1ccccc1)N1C(=O)N(C)[C@@](C)(c2ccc(C(=N)N)cc2)C1=O.Cl. The lowest BCUT2D eigenvalue weighted by Gasteiger charge is -2.35. The second-order valence-corrected chi connectivity index (χ2v) is 7.91. The number of nitrogens with zero attached hydrogens (tertiary/aromatic N) is 3. The van der Waals surface area contributed by atoms with Gasteiger partial charge in [0.15, 0.2) is 0 Å². The third-order valence-electron chi connectivity index (χ3n) is 5.89. The molecule has 1 saturated heterocycles. The number of nitrogens with one attached hydrogen (secondary N) is 1. The van der Waals surface area contributed by atoms with Gasteiger partial charge in [-0.1, -0.05) is 54.6 Å². The number of amides is 4. The van der Waals surface area contributed by atoms with E-state index in [4.69, 9.17) is 11.1 Å². The second kappa shape index (κ2) is 9.92. The molecule has 2 aromatic rings. The number of hydrazine groups is 1. The van der Waals surface area contributed by atoms with E-state index < -0.39 is 41.8 Å². The highest BCUT2D eigenvalue weighted by molar-refractivity contribution is 6.08. The second-order valence-electron chi connectivity index (χ2n) is 7.91. The fourth-order valence-corrected chi connectivity index (χ4v) is 3.94. The lowest BCUT2D eigenvalue weighted by molar-refractivity contribution is -0.162. The first kappa shape index (κ1) is 26.3. The Labute approximate surface area is 202 Å². The van der Waals surface area contributed by atoms with Gasteiger partial charge >= 0.3 is 12.0 Å². The Morgan fingerprint density at radius 3 is 2.15 bits per heavy atom. The van der Waals surface area contributed by atoms with Crippen LogP contribution < -0.4 is 5.73 Å². The Balaban J connectivity index is 0.00000408. The molecule has 10 nitrogen and oxygen atoms in total. The Morgan fingerprint density at radius 2 is 1.68 bits per heavy atom. The van der Waals surface area contributed by atoms with Crippen molar-refractivity contribution in [3.63, 3.8) is 0 Å². The van der Waals surface area contributed by atoms with Gasteiger partial charge in [-0.25, -0.2) is 9.80 Å². The fourth-order valence-electron chi connectivity index (χ4n) is 3.94. The number of hydrogen-bond acceptors (Lipinski definition) is 5. The summed E-state index contributed by atoms with van der Waals surface area (Å²) in [7, 11) is 1.44. The molecule has 1 aliphatic rings. The highest BCUT2D eigenvalue weighted by Gasteiger charge is 2.57. The van der Waals surface area contributed by atoms with Crippen molar-refractivity contribution in [2.24, 2.45) is 5.73 Å². The van der Waals surface area contributed by atoms with Crippen molar-refractivity contribution in [1.29, 1.82) is 5.41 Å². The zero-order valence-corrected chi connectivity index (χ0v) is 19.7. The number of carbonyl (C=O) groups is 4. The van der Waals surface area contributed by atoms with Gasteiger partial charge in [-0.05, 0) is 18.1 Å². The number of carboxylic acid groups (broad SMARTS) is 1. The molecule has 1 fully saturated rings. The zero-order valence-electron chi connectivity index (χ0n) is 18.9. The van der Waals surface area contributed by atoms with E-state index in [0.29, 0.717) is 16.7 Å². The van der Waals surface area contributed by atoms with Crippen molar-refractivity contribution in [3.05, 3.63) is 71.3 Å². The Bertz CT molecular complexity index is 1120. The van der Waals surface area contributed by atoms with E-state index >= 15 is 0 Å². The first-order valence-corrected chi connectivity index (χ1v) is 10.1. The van der Waals surface area contributed by atoms with Crippen LogP contribution >= 0.6 is 12.4 Å². The van der Waals surface area contributed by atoms with Gasteiger partial charge in [-0.3, -0.25) is 19.8 Å². The van der Waals surface area contributed by atoms with Crippen LogP contribution in [0.1, 0.15) is 43.0 Å². The van der Waals surface area contributed by atoms with Gasteiger partial charge in [-0.15, -0.1) is 12.4 Å². The van der Waals surface area contributed by atoms with E-state index in [1.165, 1.54) is 18.9 Å². The molecular formula is C23H26ClN5O5. The summed E-state index contributed by atoms with van der Waals surface area (Å²) in [4.78, 5) is 52.5. The van der Waals surface area contributed by atoms with Crippen LogP contribution in [0.3, 0.4) is 0 Å². The van der Waals surface area contributed by atoms with Crippen LogP contribution in [-0.2, 0) is 19.9 Å². The molecule has 1 heterocycles. The first-order valence-electron chi connectivity index (χ1n) is 10.1. The van der Waals surface area contributed by atoms with E-state index in [1.54, 1.807) is 61.5 Å². The summed E-state index contributed by atoms with van der Waals surface area (Å²) in [5, 5.41) is 18.7. The van der Waals surface area contributed by atoms with E-state index in [1.807, 2.05) is 0 Å². The quantitative estimate of drug-likeness (QED) is 0.310. The number of amidine groups is 1. The summed E-state index contributed by atoms with van der Waals surface area (Å²) >= 11 is 0. The predicted molar refractivity (Wildman–Crippen MR) is 126 cm³/mol. The maximum atomic E-state index is 13.7. The largest absolute Gasteiger partial charge is 0.481 e. The van der Waals surface area contributed by atoms with Gasteiger partial charge in [-0.2, -0.15) is 5.01 Å². The number of likely N-dealkylation sites (N-methyl/N-ethyl adjacent to an activating group) is 1. The van der Waals surface area contributed by atoms with Crippen molar-refractivity contribution in [3.8, 4) is 0 Å². The van der Waals surface area contributed by atoms with Crippen molar-refractivity contribution in [2.75, 3.05) is 7.05 Å². The number of halogens is 1. The summed E-state index contributed by atoms with van der Waals surface area (Å²) in [5.41, 5.74) is 5.41. The molecule has 2 aromatic carbocycles. The first-order chi connectivity index (χ1) is 15.5. The van der Waals surface area contributed by atoms with E-state index in [-0.39, 0.29) is 18.2 Å². The summed E-state index contributed by atoms with van der Waals surface area (Å²) in [6.45, 7) is 2.72. The number of carbonyl (C=O) groups excluding carboxylic acids is 3. The van der Waals surface area contributed by atoms with Crippen LogP contribution in [0.4, 0.5) is 4.79 Å². The van der Waals surface area contributed by atoms with Gasteiger partial charge in [0.1, 0.15) is 11.4 Å². The Morgan fingerprint density at radius 1 is 1.12 bits per heavy atom. The third kappa shape index (κ3) is 4.44. The summed E-state index contributed by atoms with van der Waals surface area (Å²) in [5.74, 6) is -2.69. The minimum atomic E-state index is -1.47. The minimum Gasteiger partial charge on any atom is -0.481 e. The molecule has 180 valence electrons. The summed E-state index contributed by atoms with van der Waals surface area (Å²) in [6, 6.07) is 12.8. The number of carboxylic acids is 1. The molecule has 0 aromatic heterocycles. The van der Waals surface area contributed by atoms with Crippen LogP contribution in [0.15, 0.2) is 54.6 Å². The Kier molecular flexibility index (Phi) is 7.68. The number of nitrogen functional groups attached to an aromatic ring is 1. The third-order valence-corrected chi connectivity index (χ3v) is 5.89. The average molecular weight is 488 g/mol. The molecule has 0 radical (unpaired) electrons. The van der Waals surface area contributed by atoms with E-state index in [9.17, 15) is 24.3 Å². The molecule has 4 amide bonds. The zero-order chi connectivity index (χ0) is 24.5. The molecule has 0 saturated carbocycles. The molecule has 2 atom stereocenters.